The van der Waals surface area contributed by atoms with Crippen molar-refractivity contribution in [2.75, 3.05) is 13.2 Å². The predicted molar refractivity (Wildman–Crippen MR) is 126 cm³/mol. The fourth-order valence-electron chi connectivity index (χ4n) is 3.04. The molecular weight excluding hydrogens is 414 g/mol. The summed E-state index contributed by atoms with van der Waals surface area (Å²) in [6, 6.07) is 23.7. The van der Waals surface area contributed by atoms with E-state index in [1.54, 1.807) is 11.8 Å². The van der Waals surface area contributed by atoms with Crippen LogP contribution in [0.15, 0.2) is 77.7 Å². The highest BCUT2D eigenvalue weighted by Gasteiger charge is 2.06. The largest absolute Gasteiger partial charge is 0.494 e. The molecule has 0 fully saturated rings. The van der Waals surface area contributed by atoms with Crippen molar-refractivity contribution in [2.45, 2.75) is 30.4 Å². The number of amides is 1. The Labute approximate surface area is 187 Å². The molecule has 0 aliphatic rings. The molecule has 3 aromatic rings. The first-order valence-electron chi connectivity index (χ1n) is 10.1. The minimum Gasteiger partial charge on any atom is -0.494 e. The van der Waals surface area contributed by atoms with Crippen LogP contribution in [0.1, 0.15) is 34.8 Å². The molecule has 0 unspecified atom stereocenters. The zero-order valence-corrected chi connectivity index (χ0v) is 18.6. The van der Waals surface area contributed by atoms with Crippen LogP contribution >= 0.6 is 23.4 Å². The third-order valence-corrected chi connectivity index (χ3v) is 5.95. The average Bonchev–Trinajstić information content (AvgIpc) is 2.78. The van der Waals surface area contributed by atoms with E-state index in [0.29, 0.717) is 18.7 Å². The minimum atomic E-state index is -0.0370. The maximum Gasteiger partial charge on any atom is 0.251 e. The first-order chi connectivity index (χ1) is 14.7. The number of aryl methyl sites for hydroxylation is 1. The number of hydrogen-bond acceptors (Lipinski definition) is 3. The summed E-state index contributed by atoms with van der Waals surface area (Å²) in [4.78, 5) is 13.6. The summed E-state index contributed by atoms with van der Waals surface area (Å²) in [5, 5.41) is 3.75. The van der Waals surface area contributed by atoms with Crippen molar-refractivity contribution >= 4 is 29.3 Å². The lowest BCUT2D eigenvalue weighted by atomic mass is 10.1. The van der Waals surface area contributed by atoms with E-state index in [9.17, 15) is 4.79 Å². The number of halogens is 1. The van der Waals surface area contributed by atoms with Gasteiger partial charge in [0.2, 0.25) is 0 Å². The maximum absolute atomic E-state index is 12.4. The smallest absolute Gasteiger partial charge is 0.251 e. The monoisotopic (exact) mass is 439 g/mol. The van der Waals surface area contributed by atoms with Crippen molar-refractivity contribution in [1.29, 1.82) is 0 Å². The van der Waals surface area contributed by atoms with E-state index in [1.165, 1.54) is 16.0 Å². The Kier molecular flexibility index (Phi) is 8.66. The SMILES string of the molecule is CCOc1ccccc1CCCNC(=O)c1ccc(CSc2ccc(Cl)cc2)cc1. The van der Waals surface area contributed by atoms with Gasteiger partial charge in [-0.25, -0.2) is 0 Å². The number of thioether (sulfide) groups is 1. The number of para-hydroxylation sites is 1. The van der Waals surface area contributed by atoms with Gasteiger partial charge in [0.1, 0.15) is 5.75 Å². The Balaban J connectivity index is 1.43. The van der Waals surface area contributed by atoms with Gasteiger partial charge in [0.05, 0.1) is 6.61 Å². The summed E-state index contributed by atoms with van der Waals surface area (Å²) < 4.78 is 5.65. The molecule has 0 heterocycles. The van der Waals surface area contributed by atoms with E-state index >= 15 is 0 Å². The third kappa shape index (κ3) is 6.82. The van der Waals surface area contributed by atoms with Crippen molar-refractivity contribution in [2.24, 2.45) is 0 Å². The second-order valence-electron chi connectivity index (χ2n) is 6.84. The van der Waals surface area contributed by atoms with Crippen LogP contribution in [0.3, 0.4) is 0 Å². The van der Waals surface area contributed by atoms with Crippen LogP contribution < -0.4 is 10.1 Å². The van der Waals surface area contributed by atoms with Gasteiger partial charge in [0.25, 0.3) is 5.91 Å². The maximum atomic E-state index is 12.4. The van der Waals surface area contributed by atoms with E-state index in [0.717, 1.165) is 29.4 Å². The fourth-order valence-corrected chi connectivity index (χ4v) is 4.02. The molecule has 0 spiro atoms. The van der Waals surface area contributed by atoms with Gasteiger partial charge in [0, 0.05) is 27.8 Å². The standard InChI is InChI=1S/C25H26ClNO2S/c1-2-29-24-8-4-3-6-20(24)7-5-17-27-25(28)21-11-9-19(10-12-21)18-30-23-15-13-22(26)14-16-23/h3-4,6,8-16H,2,5,7,17-18H2,1H3,(H,27,28). The molecule has 0 atom stereocenters. The lowest BCUT2D eigenvalue weighted by Crippen LogP contribution is -2.24. The Morgan fingerprint density at radius 1 is 1.00 bits per heavy atom. The topological polar surface area (TPSA) is 38.3 Å². The molecule has 0 radical (unpaired) electrons. The van der Waals surface area contributed by atoms with Gasteiger partial charge in [-0.2, -0.15) is 0 Å². The molecule has 0 bridgehead atoms. The van der Waals surface area contributed by atoms with Crippen LogP contribution in [0, 0.1) is 0 Å². The van der Waals surface area contributed by atoms with E-state index in [-0.39, 0.29) is 5.91 Å². The normalized spacial score (nSPS) is 10.6. The lowest BCUT2D eigenvalue weighted by Gasteiger charge is -2.10. The number of benzene rings is 3. The van der Waals surface area contributed by atoms with Gasteiger partial charge in [-0.3, -0.25) is 4.79 Å². The molecular formula is C25H26ClNO2S. The van der Waals surface area contributed by atoms with E-state index < -0.39 is 0 Å². The molecule has 30 heavy (non-hydrogen) atoms. The Morgan fingerprint density at radius 2 is 1.73 bits per heavy atom. The highest BCUT2D eigenvalue weighted by molar-refractivity contribution is 7.98. The van der Waals surface area contributed by atoms with Crippen molar-refractivity contribution in [1.82, 2.24) is 5.32 Å². The molecule has 0 aliphatic carbocycles. The quantitative estimate of drug-likeness (QED) is 0.293. The number of carbonyl (C=O) groups excluding carboxylic acids is 1. The Bertz CT molecular complexity index is 942. The van der Waals surface area contributed by atoms with E-state index in [4.69, 9.17) is 16.3 Å². The van der Waals surface area contributed by atoms with E-state index in [1.807, 2.05) is 73.7 Å². The first-order valence-corrected chi connectivity index (χ1v) is 11.5. The highest BCUT2D eigenvalue weighted by atomic mass is 35.5. The molecule has 0 saturated carbocycles. The molecule has 0 aliphatic heterocycles. The van der Waals surface area contributed by atoms with Crippen LogP contribution in [0.25, 0.3) is 0 Å². The first kappa shape index (κ1) is 22.3. The van der Waals surface area contributed by atoms with Crippen molar-refractivity contribution < 1.29 is 9.53 Å². The number of carbonyl (C=O) groups is 1. The van der Waals surface area contributed by atoms with Gasteiger partial charge in [-0.15, -0.1) is 11.8 Å². The summed E-state index contributed by atoms with van der Waals surface area (Å²) >= 11 is 7.67. The van der Waals surface area contributed by atoms with Crippen molar-refractivity contribution in [3.8, 4) is 5.75 Å². The summed E-state index contributed by atoms with van der Waals surface area (Å²) in [6.07, 6.45) is 1.74. The van der Waals surface area contributed by atoms with Crippen LogP contribution in [0.4, 0.5) is 0 Å². The van der Waals surface area contributed by atoms with Gasteiger partial charge in [-0.1, -0.05) is 41.9 Å². The number of nitrogens with one attached hydrogen (secondary N) is 1. The molecule has 0 aromatic heterocycles. The molecule has 3 nitrogen and oxygen atoms in total. The van der Waals surface area contributed by atoms with Gasteiger partial charge in [-0.05, 0) is 73.4 Å². The zero-order chi connectivity index (χ0) is 21.2. The average molecular weight is 440 g/mol. The number of rotatable bonds is 10. The molecule has 3 aromatic carbocycles. The van der Waals surface area contributed by atoms with Crippen LogP contribution in [0.2, 0.25) is 5.02 Å². The fraction of sp³-hybridized carbons (Fsp3) is 0.240. The molecule has 0 saturated heterocycles. The lowest BCUT2D eigenvalue weighted by molar-refractivity contribution is 0.0953. The summed E-state index contributed by atoms with van der Waals surface area (Å²) in [5.41, 5.74) is 3.04. The molecule has 1 N–H and O–H groups in total. The zero-order valence-electron chi connectivity index (χ0n) is 17.1. The second kappa shape index (κ2) is 11.7. The number of ether oxygens (including phenoxy) is 1. The number of hydrogen-bond donors (Lipinski definition) is 1. The highest BCUT2D eigenvalue weighted by Crippen LogP contribution is 2.24. The second-order valence-corrected chi connectivity index (χ2v) is 8.32. The summed E-state index contributed by atoms with van der Waals surface area (Å²) in [7, 11) is 0. The summed E-state index contributed by atoms with van der Waals surface area (Å²) in [5.74, 6) is 1.74. The van der Waals surface area contributed by atoms with Crippen molar-refractivity contribution in [3.63, 3.8) is 0 Å². The van der Waals surface area contributed by atoms with Crippen LogP contribution in [-0.2, 0) is 12.2 Å². The van der Waals surface area contributed by atoms with Crippen LogP contribution in [-0.4, -0.2) is 19.1 Å². The van der Waals surface area contributed by atoms with Gasteiger partial charge < -0.3 is 10.1 Å². The molecule has 5 heteroatoms. The summed E-state index contributed by atoms with van der Waals surface area (Å²) in [6.45, 7) is 3.27. The van der Waals surface area contributed by atoms with Crippen LogP contribution in [0.5, 0.6) is 5.75 Å². The Hall–Kier alpha value is -2.43. The molecule has 3 rings (SSSR count). The van der Waals surface area contributed by atoms with Gasteiger partial charge >= 0.3 is 0 Å². The molecule has 156 valence electrons. The third-order valence-electron chi connectivity index (χ3n) is 4.62. The molecule has 1 amide bonds. The Morgan fingerprint density at radius 3 is 2.47 bits per heavy atom. The minimum absolute atomic E-state index is 0.0370. The van der Waals surface area contributed by atoms with Gasteiger partial charge in [0.15, 0.2) is 0 Å². The van der Waals surface area contributed by atoms with E-state index in [2.05, 4.69) is 11.4 Å². The van der Waals surface area contributed by atoms with Crippen molar-refractivity contribution in [3.05, 3.63) is 94.5 Å². The predicted octanol–water partition coefficient (Wildman–Crippen LogP) is 6.39.